The Labute approximate surface area is 131 Å². The third-order valence-electron chi connectivity index (χ3n) is 4.41. The lowest BCUT2D eigenvalue weighted by Crippen LogP contribution is -2.23. The smallest absolute Gasteiger partial charge is 0.127 e. The lowest BCUT2D eigenvalue weighted by Gasteiger charge is -2.27. The summed E-state index contributed by atoms with van der Waals surface area (Å²) in [6.45, 7) is 2.32. The third kappa shape index (κ3) is 3.03. The second-order valence-electron chi connectivity index (χ2n) is 6.02. The highest BCUT2D eigenvalue weighted by molar-refractivity contribution is 7.80. The minimum absolute atomic E-state index is 0.334. The Bertz CT molecular complexity index is 659. The molecule has 2 N–H and O–H groups in total. The maximum Gasteiger partial charge on any atom is 0.127 e. The van der Waals surface area contributed by atoms with Crippen molar-refractivity contribution in [2.45, 2.75) is 38.7 Å². The van der Waals surface area contributed by atoms with Crippen molar-refractivity contribution in [3.63, 3.8) is 0 Å². The van der Waals surface area contributed by atoms with Gasteiger partial charge in [0.05, 0.1) is 6.10 Å². The number of fused-ring (bicyclic) bond motifs is 1. The van der Waals surface area contributed by atoms with Crippen LogP contribution in [0, 0.1) is 5.92 Å². The zero-order valence-corrected chi connectivity index (χ0v) is 13.2. The van der Waals surface area contributed by atoms with Gasteiger partial charge < -0.3 is 10.5 Å². The summed E-state index contributed by atoms with van der Waals surface area (Å²) in [5.41, 5.74) is 6.74. The molecule has 3 rings (SSSR count). The van der Waals surface area contributed by atoms with Crippen LogP contribution in [0.5, 0.6) is 5.75 Å². The Kier molecular flexibility index (Phi) is 4.11. The third-order valence-corrected chi connectivity index (χ3v) is 4.63. The summed E-state index contributed by atoms with van der Waals surface area (Å²) in [4.78, 5) is 0.434. The molecule has 0 spiro atoms. The highest BCUT2D eigenvalue weighted by Crippen LogP contribution is 2.32. The SMILES string of the molecule is CC1CCC(Oc2ccc(C(N)=S)c3ccccc23)CC1. The first-order valence-corrected chi connectivity index (χ1v) is 8.04. The van der Waals surface area contributed by atoms with Gasteiger partial charge in [0.2, 0.25) is 0 Å². The molecule has 1 saturated carbocycles. The van der Waals surface area contributed by atoms with E-state index < -0.39 is 0 Å². The predicted molar refractivity (Wildman–Crippen MR) is 91.9 cm³/mol. The number of benzene rings is 2. The summed E-state index contributed by atoms with van der Waals surface area (Å²) < 4.78 is 6.27. The molecule has 1 aliphatic carbocycles. The summed E-state index contributed by atoms with van der Waals surface area (Å²) >= 11 is 5.14. The van der Waals surface area contributed by atoms with E-state index in [9.17, 15) is 0 Å². The summed E-state index contributed by atoms with van der Waals surface area (Å²) in [6, 6.07) is 12.2. The minimum atomic E-state index is 0.334. The molecule has 3 heteroatoms. The number of ether oxygens (including phenoxy) is 1. The molecule has 0 aliphatic heterocycles. The second kappa shape index (κ2) is 6.02. The zero-order valence-electron chi connectivity index (χ0n) is 12.3. The van der Waals surface area contributed by atoms with Crippen LogP contribution in [-0.4, -0.2) is 11.1 Å². The Hall–Kier alpha value is -1.61. The van der Waals surface area contributed by atoms with Gasteiger partial charge in [0.15, 0.2) is 0 Å². The molecule has 0 saturated heterocycles. The molecule has 2 aromatic carbocycles. The van der Waals surface area contributed by atoms with E-state index in [1.165, 1.54) is 12.8 Å². The second-order valence-corrected chi connectivity index (χ2v) is 6.46. The number of rotatable bonds is 3. The number of hydrogen-bond donors (Lipinski definition) is 1. The Morgan fingerprint density at radius 2 is 1.71 bits per heavy atom. The monoisotopic (exact) mass is 299 g/mol. The molecule has 0 aromatic heterocycles. The quantitative estimate of drug-likeness (QED) is 0.851. The van der Waals surface area contributed by atoms with Crippen LogP contribution in [0.1, 0.15) is 38.2 Å². The van der Waals surface area contributed by atoms with E-state index in [1.807, 2.05) is 24.3 Å². The number of thiocarbonyl (C=S) groups is 1. The fraction of sp³-hybridized carbons (Fsp3) is 0.389. The Morgan fingerprint density at radius 1 is 1.05 bits per heavy atom. The molecule has 0 unspecified atom stereocenters. The maximum atomic E-state index is 6.27. The molecule has 0 radical (unpaired) electrons. The van der Waals surface area contributed by atoms with Gasteiger partial charge in [-0.1, -0.05) is 43.4 Å². The van der Waals surface area contributed by atoms with E-state index in [-0.39, 0.29) is 0 Å². The molecule has 2 nitrogen and oxygen atoms in total. The largest absolute Gasteiger partial charge is 0.490 e. The van der Waals surface area contributed by atoms with Gasteiger partial charge in [-0.3, -0.25) is 0 Å². The average molecular weight is 299 g/mol. The first kappa shape index (κ1) is 14.3. The van der Waals surface area contributed by atoms with Crippen LogP contribution in [0.3, 0.4) is 0 Å². The zero-order chi connectivity index (χ0) is 14.8. The van der Waals surface area contributed by atoms with E-state index in [1.54, 1.807) is 0 Å². The van der Waals surface area contributed by atoms with Gasteiger partial charge in [-0.05, 0) is 49.1 Å². The fourth-order valence-corrected chi connectivity index (χ4v) is 3.29. The van der Waals surface area contributed by atoms with E-state index in [0.29, 0.717) is 11.1 Å². The topological polar surface area (TPSA) is 35.2 Å². The maximum absolute atomic E-state index is 6.27. The first-order valence-electron chi connectivity index (χ1n) is 7.63. The number of hydrogen-bond acceptors (Lipinski definition) is 2. The van der Waals surface area contributed by atoms with Crippen LogP contribution >= 0.6 is 12.2 Å². The van der Waals surface area contributed by atoms with Crippen molar-refractivity contribution in [3.8, 4) is 5.75 Å². The van der Waals surface area contributed by atoms with E-state index in [0.717, 1.165) is 40.8 Å². The lowest BCUT2D eigenvalue weighted by molar-refractivity contribution is 0.137. The van der Waals surface area contributed by atoms with Crippen LogP contribution in [-0.2, 0) is 0 Å². The van der Waals surface area contributed by atoms with E-state index in [4.69, 9.17) is 22.7 Å². The molecule has 110 valence electrons. The van der Waals surface area contributed by atoms with Gasteiger partial charge in [-0.25, -0.2) is 0 Å². The van der Waals surface area contributed by atoms with Crippen LogP contribution in [0.25, 0.3) is 10.8 Å². The minimum Gasteiger partial charge on any atom is -0.490 e. The normalized spacial score (nSPS) is 22.1. The molecular formula is C18H21NOS. The van der Waals surface area contributed by atoms with Crippen molar-refractivity contribution in [1.29, 1.82) is 0 Å². The Morgan fingerprint density at radius 3 is 2.38 bits per heavy atom. The van der Waals surface area contributed by atoms with Crippen molar-refractivity contribution >= 4 is 28.0 Å². The molecule has 0 heterocycles. The van der Waals surface area contributed by atoms with Crippen molar-refractivity contribution in [3.05, 3.63) is 42.0 Å². The lowest BCUT2D eigenvalue weighted by atomic mass is 9.89. The summed E-state index contributed by atoms with van der Waals surface area (Å²) in [7, 11) is 0. The molecule has 1 aliphatic rings. The number of nitrogens with two attached hydrogens (primary N) is 1. The molecule has 0 amide bonds. The van der Waals surface area contributed by atoms with Crippen molar-refractivity contribution in [2.75, 3.05) is 0 Å². The van der Waals surface area contributed by atoms with Crippen molar-refractivity contribution in [1.82, 2.24) is 0 Å². The molecule has 2 aromatic rings. The van der Waals surface area contributed by atoms with E-state index >= 15 is 0 Å². The molecule has 0 atom stereocenters. The van der Waals surface area contributed by atoms with Gasteiger partial charge in [0, 0.05) is 10.9 Å². The summed E-state index contributed by atoms with van der Waals surface area (Å²) in [5, 5.41) is 2.17. The van der Waals surface area contributed by atoms with Gasteiger partial charge in [-0.15, -0.1) is 0 Å². The highest BCUT2D eigenvalue weighted by atomic mass is 32.1. The van der Waals surface area contributed by atoms with Gasteiger partial charge in [-0.2, -0.15) is 0 Å². The van der Waals surface area contributed by atoms with Crippen molar-refractivity contribution < 1.29 is 4.74 Å². The molecule has 1 fully saturated rings. The average Bonchev–Trinajstić information content (AvgIpc) is 2.49. The van der Waals surface area contributed by atoms with Crippen LogP contribution in [0.4, 0.5) is 0 Å². The summed E-state index contributed by atoms with van der Waals surface area (Å²) in [6.07, 6.45) is 5.14. The molecule has 21 heavy (non-hydrogen) atoms. The summed E-state index contributed by atoms with van der Waals surface area (Å²) in [5.74, 6) is 1.78. The highest BCUT2D eigenvalue weighted by Gasteiger charge is 2.20. The molecular weight excluding hydrogens is 278 g/mol. The van der Waals surface area contributed by atoms with Crippen molar-refractivity contribution in [2.24, 2.45) is 11.7 Å². The van der Waals surface area contributed by atoms with Crippen LogP contribution in [0.2, 0.25) is 0 Å². The van der Waals surface area contributed by atoms with Gasteiger partial charge in [0.1, 0.15) is 10.7 Å². The van der Waals surface area contributed by atoms with Crippen LogP contribution < -0.4 is 10.5 Å². The fourth-order valence-electron chi connectivity index (χ4n) is 3.12. The van der Waals surface area contributed by atoms with Crippen LogP contribution in [0.15, 0.2) is 36.4 Å². The predicted octanol–water partition coefficient (Wildman–Crippen LogP) is 4.43. The molecule has 0 bridgehead atoms. The standard InChI is InChI=1S/C18H21NOS/c1-12-6-8-13(9-7-12)20-17-11-10-16(18(19)21)14-4-2-3-5-15(14)17/h2-5,10-13H,6-9H2,1H3,(H2,19,21). The Balaban J connectivity index is 1.93. The van der Waals surface area contributed by atoms with Gasteiger partial charge in [0.25, 0.3) is 0 Å². The first-order chi connectivity index (χ1) is 10.1. The van der Waals surface area contributed by atoms with Gasteiger partial charge >= 0.3 is 0 Å². The van der Waals surface area contributed by atoms with E-state index in [2.05, 4.69) is 19.1 Å².